The molecule has 6 heteroatoms. The Kier molecular flexibility index (Phi) is 8.72. The van der Waals surface area contributed by atoms with Crippen LogP contribution in [0.2, 0.25) is 0 Å². The lowest BCUT2D eigenvalue weighted by atomic mass is 9.90. The fourth-order valence-corrected chi connectivity index (χ4v) is 5.60. The molecule has 206 valence electrons. The molecule has 2 N–H and O–H groups in total. The topological polar surface area (TPSA) is 60.6 Å². The molecule has 0 radical (unpaired) electrons. The Labute approximate surface area is 232 Å². The standard InChI is InChI=1S/C33H42N4O2/c1-4-5-18-36(3)19-8-21-39-32-23-27(11-13-28(32)25-12-14-29-26(22-25)15-17-34-29)33(38)37-20-16-24(2)35-30-9-6-7-10-31(30)37/h6-7,9-11,13-15,17,22-25,34-35H,4-5,8,12,16,18-21H2,1-3H3/t24-,25?/m0/s1. The van der Waals surface area contributed by atoms with Gasteiger partial charge in [0.05, 0.1) is 18.0 Å². The Morgan fingerprint density at radius 1 is 1.13 bits per heavy atom. The van der Waals surface area contributed by atoms with Gasteiger partial charge in [0.1, 0.15) is 5.75 Å². The van der Waals surface area contributed by atoms with Crippen molar-refractivity contribution in [2.45, 2.75) is 57.9 Å². The number of anilines is 2. The highest BCUT2D eigenvalue weighted by Gasteiger charge is 2.26. The molecule has 0 saturated heterocycles. The van der Waals surface area contributed by atoms with Gasteiger partial charge in [0.15, 0.2) is 0 Å². The maximum Gasteiger partial charge on any atom is 0.258 e. The van der Waals surface area contributed by atoms with Gasteiger partial charge >= 0.3 is 0 Å². The van der Waals surface area contributed by atoms with Crippen LogP contribution < -0.4 is 25.5 Å². The van der Waals surface area contributed by atoms with Crippen molar-refractivity contribution >= 4 is 29.4 Å². The van der Waals surface area contributed by atoms with E-state index >= 15 is 0 Å². The van der Waals surface area contributed by atoms with E-state index < -0.39 is 0 Å². The number of H-pyrrole nitrogens is 1. The van der Waals surface area contributed by atoms with Gasteiger partial charge in [-0.15, -0.1) is 0 Å². The zero-order valence-corrected chi connectivity index (χ0v) is 23.6. The van der Waals surface area contributed by atoms with Crippen molar-refractivity contribution in [2.24, 2.45) is 0 Å². The number of unbranched alkanes of at least 4 members (excludes halogenated alkanes) is 1. The van der Waals surface area contributed by atoms with Crippen LogP contribution in [0.15, 0.2) is 54.7 Å². The van der Waals surface area contributed by atoms with E-state index in [1.165, 1.54) is 23.4 Å². The molecule has 0 fully saturated rings. The summed E-state index contributed by atoms with van der Waals surface area (Å²) in [6, 6.07) is 16.6. The van der Waals surface area contributed by atoms with Crippen LogP contribution in [0, 0.1) is 0 Å². The van der Waals surface area contributed by atoms with Gasteiger partial charge < -0.3 is 24.8 Å². The second-order valence-corrected chi connectivity index (χ2v) is 11.0. The first kappa shape index (κ1) is 27.1. The molecule has 2 aromatic carbocycles. The third-order valence-electron chi connectivity index (χ3n) is 7.89. The van der Waals surface area contributed by atoms with Gasteiger partial charge in [0, 0.05) is 47.7 Å². The third-order valence-corrected chi connectivity index (χ3v) is 7.89. The first-order valence-electron chi connectivity index (χ1n) is 14.5. The second-order valence-electron chi connectivity index (χ2n) is 11.0. The minimum atomic E-state index is 0.0150. The smallest absolute Gasteiger partial charge is 0.258 e. The molecular weight excluding hydrogens is 484 g/mol. The molecule has 2 heterocycles. The number of carbonyl (C=O) groups excluding carboxylic acids is 1. The predicted molar refractivity (Wildman–Crippen MR) is 161 cm³/mol. The van der Waals surface area contributed by atoms with E-state index in [1.54, 1.807) is 0 Å². The van der Waals surface area contributed by atoms with Crippen LogP contribution in [0.4, 0.5) is 11.4 Å². The van der Waals surface area contributed by atoms with Crippen molar-refractivity contribution < 1.29 is 9.53 Å². The van der Waals surface area contributed by atoms with Crippen LogP contribution >= 0.6 is 0 Å². The van der Waals surface area contributed by atoms with Crippen molar-refractivity contribution in [1.29, 1.82) is 0 Å². The van der Waals surface area contributed by atoms with Crippen molar-refractivity contribution in [3.8, 4) is 5.75 Å². The summed E-state index contributed by atoms with van der Waals surface area (Å²) in [4.78, 5) is 21.5. The van der Waals surface area contributed by atoms with E-state index in [2.05, 4.69) is 66.4 Å². The van der Waals surface area contributed by atoms with E-state index in [1.807, 2.05) is 41.4 Å². The number of hydrogen-bond donors (Lipinski definition) is 2. The van der Waals surface area contributed by atoms with Crippen LogP contribution in [0.25, 0.3) is 12.2 Å². The highest BCUT2D eigenvalue weighted by Crippen LogP contribution is 2.35. The Bertz CT molecular complexity index is 1390. The second kappa shape index (κ2) is 12.6. The maximum absolute atomic E-state index is 13.9. The van der Waals surface area contributed by atoms with Gasteiger partial charge in [-0.05, 0) is 81.7 Å². The molecule has 2 atom stereocenters. The monoisotopic (exact) mass is 526 g/mol. The predicted octanol–water partition coefficient (Wildman–Crippen LogP) is 5.11. The summed E-state index contributed by atoms with van der Waals surface area (Å²) in [5.74, 6) is 1.05. The summed E-state index contributed by atoms with van der Waals surface area (Å²) in [5.41, 5.74) is 3.75. The minimum Gasteiger partial charge on any atom is -0.493 e. The molecule has 39 heavy (non-hydrogen) atoms. The zero-order valence-electron chi connectivity index (χ0n) is 23.6. The number of carbonyl (C=O) groups is 1. The Morgan fingerprint density at radius 3 is 2.85 bits per heavy atom. The van der Waals surface area contributed by atoms with E-state index in [0.29, 0.717) is 24.8 Å². The Hall–Kier alpha value is -3.51. The number of hydrogen-bond acceptors (Lipinski definition) is 4. The third kappa shape index (κ3) is 6.39. The van der Waals surface area contributed by atoms with Crippen LogP contribution in [0.5, 0.6) is 5.75 Å². The van der Waals surface area contributed by atoms with Crippen molar-refractivity contribution in [3.63, 3.8) is 0 Å². The number of nitrogens with one attached hydrogen (secondary N) is 2. The average Bonchev–Trinajstić information content (AvgIpc) is 3.36. The van der Waals surface area contributed by atoms with E-state index in [4.69, 9.17) is 4.74 Å². The SMILES string of the molecule is CCCCN(C)CCCOc1cc(C(=O)N2CC[C@H](C)Nc3ccccc32)ccc1C1C=c2cc[nH]c2=CC1. The highest BCUT2D eigenvalue weighted by atomic mass is 16.5. The quantitative estimate of drug-likeness (QED) is 0.360. The van der Waals surface area contributed by atoms with Crippen LogP contribution in [-0.4, -0.2) is 55.1 Å². The highest BCUT2D eigenvalue weighted by molar-refractivity contribution is 6.08. The zero-order chi connectivity index (χ0) is 27.2. The number of fused-ring (bicyclic) bond motifs is 2. The van der Waals surface area contributed by atoms with Crippen molar-refractivity contribution in [1.82, 2.24) is 9.88 Å². The molecule has 3 aromatic rings. The average molecular weight is 527 g/mol. The molecule has 1 aromatic heterocycles. The molecule has 1 amide bonds. The molecule has 1 aliphatic carbocycles. The van der Waals surface area contributed by atoms with E-state index in [0.717, 1.165) is 55.0 Å². The molecule has 0 bridgehead atoms. The fraction of sp³-hybridized carbons (Fsp3) is 0.424. The Morgan fingerprint density at radius 2 is 1.97 bits per heavy atom. The van der Waals surface area contributed by atoms with Gasteiger partial charge in [-0.1, -0.05) is 43.7 Å². The molecular formula is C33H42N4O2. The molecule has 0 spiro atoms. The number of para-hydroxylation sites is 2. The summed E-state index contributed by atoms with van der Waals surface area (Å²) in [5, 5.41) is 5.95. The number of amides is 1. The largest absolute Gasteiger partial charge is 0.493 e. The number of aromatic amines is 1. The lowest BCUT2D eigenvalue weighted by Crippen LogP contribution is -2.32. The van der Waals surface area contributed by atoms with Gasteiger partial charge in [0.25, 0.3) is 5.91 Å². The number of rotatable bonds is 10. The van der Waals surface area contributed by atoms with Crippen molar-refractivity contribution in [3.05, 3.63) is 76.4 Å². The van der Waals surface area contributed by atoms with E-state index in [9.17, 15) is 4.79 Å². The molecule has 1 unspecified atom stereocenters. The van der Waals surface area contributed by atoms with Crippen molar-refractivity contribution in [2.75, 3.05) is 43.5 Å². The molecule has 1 aliphatic heterocycles. The molecule has 2 aliphatic rings. The van der Waals surface area contributed by atoms with Crippen LogP contribution in [0.1, 0.15) is 67.8 Å². The summed E-state index contributed by atoms with van der Waals surface area (Å²) in [7, 11) is 2.18. The fourth-order valence-electron chi connectivity index (χ4n) is 5.60. The summed E-state index contributed by atoms with van der Waals surface area (Å²) in [6.45, 7) is 7.81. The minimum absolute atomic E-state index is 0.0150. The summed E-state index contributed by atoms with van der Waals surface area (Å²) in [6.07, 6.45) is 11.7. The van der Waals surface area contributed by atoms with E-state index in [-0.39, 0.29) is 11.8 Å². The number of ether oxygens (including phenoxy) is 1. The molecule has 0 saturated carbocycles. The van der Waals surface area contributed by atoms with Gasteiger partial charge in [0.2, 0.25) is 0 Å². The van der Waals surface area contributed by atoms with Gasteiger partial charge in [-0.25, -0.2) is 0 Å². The first-order valence-corrected chi connectivity index (χ1v) is 14.5. The maximum atomic E-state index is 13.9. The lowest BCUT2D eigenvalue weighted by molar-refractivity contribution is 0.0986. The normalized spacial score (nSPS) is 18.3. The summed E-state index contributed by atoms with van der Waals surface area (Å²) >= 11 is 0. The number of benzene rings is 2. The van der Waals surface area contributed by atoms with Crippen LogP contribution in [-0.2, 0) is 0 Å². The number of aromatic nitrogens is 1. The summed E-state index contributed by atoms with van der Waals surface area (Å²) < 4.78 is 6.45. The Balaban J connectivity index is 1.40. The molecule has 6 nitrogen and oxygen atoms in total. The first-order chi connectivity index (χ1) is 19.0. The molecule has 5 rings (SSSR count). The van der Waals surface area contributed by atoms with Gasteiger partial charge in [-0.2, -0.15) is 0 Å². The lowest BCUT2D eigenvalue weighted by Gasteiger charge is -2.24. The van der Waals surface area contributed by atoms with Gasteiger partial charge in [-0.3, -0.25) is 4.79 Å². The van der Waals surface area contributed by atoms with Crippen LogP contribution in [0.3, 0.4) is 0 Å². The number of nitrogens with zero attached hydrogens (tertiary/aromatic N) is 2.